The van der Waals surface area contributed by atoms with Crippen LogP contribution in [-0.4, -0.2) is 37.4 Å². The van der Waals surface area contributed by atoms with Gasteiger partial charge in [0.2, 0.25) is 0 Å². The predicted octanol–water partition coefficient (Wildman–Crippen LogP) is 3.57. The Morgan fingerprint density at radius 2 is 1.63 bits per heavy atom. The van der Waals surface area contributed by atoms with Gasteiger partial charge in [0.1, 0.15) is 10.7 Å². The highest BCUT2D eigenvalue weighted by molar-refractivity contribution is 7.92. The van der Waals surface area contributed by atoms with Crippen molar-refractivity contribution in [1.29, 1.82) is 0 Å². The Hall–Kier alpha value is -3.34. The lowest BCUT2D eigenvalue weighted by Gasteiger charge is -2.39. The number of amides is 1. The first-order chi connectivity index (χ1) is 16.5. The molecule has 1 amide bonds. The molecule has 1 aliphatic rings. The summed E-state index contributed by atoms with van der Waals surface area (Å²) >= 11 is 6.25. The van der Waals surface area contributed by atoms with Crippen LogP contribution in [0.3, 0.4) is 0 Å². The van der Waals surface area contributed by atoms with Gasteiger partial charge in [0.15, 0.2) is 0 Å². The van der Waals surface area contributed by atoms with Crippen LogP contribution >= 0.6 is 11.6 Å². The Labute approximate surface area is 207 Å². The summed E-state index contributed by atoms with van der Waals surface area (Å²) in [7, 11) is -4.14. The summed E-state index contributed by atoms with van der Waals surface area (Å²) in [5, 5.41) is 11.5. The van der Waals surface area contributed by atoms with Crippen LogP contribution in [0.2, 0.25) is 5.02 Å². The number of halogens is 2. The molecule has 11 heteroatoms. The van der Waals surface area contributed by atoms with E-state index in [4.69, 9.17) is 23.1 Å². The lowest BCUT2D eigenvalue weighted by molar-refractivity contribution is -0.0210. The molecule has 1 saturated heterocycles. The lowest BCUT2D eigenvalue weighted by Crippen LogP contribution is -2.45. The highest BCUT2D eigenvalue weighted by Gasteiger charge is 2.37. The smallest absolute Gasteiger partial charge is 0.264 e. The summed E-state index contributed by atoms with van der Waals surface area (Å²) < 4.78 is 41.2. The van der Waals surface area contributed by atoms with Crippen molar-refractivity contribution in [3.8, 4) is 0 Å². The second kappa shape index (κ2) is 9.37. The SMILES string of the molecule is Nc1c(F)ccc(S(=O)(=O)Nc2ccc(C(=O)N3CCC(O)(c4ccccc4Cl)CC3)cc2)c1N. The summed E-state index contributed by atoms with van der Waals surface area (Å²) in [5.41, 5.74) is 10.4. The number of nitrogens with two attached hydrogens (primary N) is 2. The number of sulfonamides is 1. The summed E-state index contributed by atoms with van der Waals surface area (Å²) in [6.45, 7) is 0.667. The first-order valence-electron chi connectivity index (χ1n) is 10.7. The van der Waals surface area contributed by atoms with Crippen molar-refractivity contribution in [2.24, 2.45) is 0 Å². The van der Waals surface area contributed by atoms with Crippen molar-refractivity contribution in [2.75, 3.05) is 29.3 Å². The number of hydrogen-bond acceptors (Lipinski definition) is 6. The quantitative estimate of drug-likeness (QED) is 0.381. The average molecular weight is 519 g/mol. The number of aliphatic hydroxyl groups is 1. The van der Waals surface area contributed by atoms with E-state index in [9.17, 15) is 22.7 Å². The second-order valence-corrected chi connectivity index (χ2v) is 10.4. The third-order valence-electron chi connectivity index (χ3n) is 6.12. The topological polar surface area (TPSA) is 139 Å². The first-order valence-corrected chi connectivity index (χ1v) is 12.6. The number of carbonyl (C=O) groups is 1. The molecule has 0 aromatic heterocycles. The van der Waals surface area contributed by atoms with Crippen LogP contribution in [0.15, 0.2) is 65.6 Å². The molecule has 1 aliphatic heterocycles. The fourth-order valence-electron chi connectivity index (χ4n) is 4.09. The molecule has 0 saturated carbocycles. The molecule has 0 aliphatic carbocycles. The summed E-state index contributed by atoms with van der Waals surface area (Å²) in [4.78, 5) is 14.2. The van der Waals surface area contributed by atoms with Crippen LogP contribution in [-0.2, 0) is 15.6 Å². The van der Waals surface area contributed by atoms with Crippen molar-refractivity contribution in [1.82, 2.24) is 4.90 Å². The number of piperidine rings is 1. The number of hydrogen-bond donors (Lipinski definition) is 4. The Balaban J connectivity index is 1.44. The standard InChI is InChI=1S/C24H24ClFN4O4S/c25-18-4-2-1-3-17(18)24(32)11-13-30(14-12-24)23(31)15-5-7-16(8-6-15)29-35(33,34)20-10-9-19(26)21(27)22(20)28/h1-10,29,32H,11-14,27-28H2. The minimum atomic E-state index is -4.14. The number of likely N-dealkylation sites (tertiary alicyclic amines) is 1. The van der Waals surface area contributed by atoms with Gasteiger partial charge in [0.05, 0.1) is 17.0 Å². The predicted molar refractivity (Wildman–Crippen MR) is 133 cm³/mol. The number of nitrogens with zero attached hydrogens (tertiary/aromatic N) is 1. The van der Waals surface area contributed by atoms with Crippen LogP contribution in [0.5, 0.6) is 0 Å². The van der Waals surface area contributed by atoms with Crippen LogP contribution in [0.25, 0.3) is 0 Å². The maximum Gasteiger partial charge on any atom is 0.264 e. The molecular weight excluding hydrogens is 495 g/mol. The molecule has 35 heavy (non-hydrogen) atoms. The third-order valence-corrected chi connectivity index (χ3v) is 7.89. The van der Waals surface area contributed by atoms with E-state index in [-0.39, 0.29) is 22.2 Å². The lowest BCUT2D eigenvalue weighted by atomic mass is 9.84. The Morgan fingerprint density at radius 3 is 2.26 bits per heavy atom. The van der Waals surface area contributed by atoms with E-state index in [1.165, 1.54) is 24.3 Å². The van der Waals surface area contributed by atoms with Gasteiger partial charge < -0.3 is 21.5 Å². The van der Waals surface area contributed by atoms with Crippen molar-refractivity contribution in [2.45, 2.75) is 23.3 Å². The minimum absolute atomic E-state index is 0.190. The maximum absolute atomic E-state index is 13.5. The summed E-state index contributed by atoms with van der Waals surface area (Å²) in [5.74, 6) is -1.05. The van der Waals surface area contributed by atoms with Crippen LogP contribution in [0.4, 0.5) is 21.5 Å². The minimum Gasteiger partial charge on any atom is -0.396 e. The molecule has 0 unspecified atom stereocenters. The highest BCUT2D eigenvalue weighted by Crippen LogP contribution is 2.37. The van der Waals surface area contributed by atoms with Gasteiger partial charge in [-0.1, -0.05) is 29.8 Å². The van der Waals surface area contributed by atoms with Crippen LogP contribution < -0.4 is 16.2 Å². The zero-order valence-electron chi connectivity index (χ0n) is 18.5. The van der Waals surface area contributed by atoms with E-state index < -0.39 is 27.1 Å². The zero-order chi connectivity index (χ0) is 25.4. The van der Waals surface area contributed by atoms with E-state index in [1.807, 2.05) is 6.07 Å². The molecule has 1 fully saturated rings. The molecule has 6 N–H and O–H groups in total. The van der Waals surface area contributed by atoms with E-state index in [0.717, 1.165) is 12.1 Å². The zero-order valence-corrected chi connectivity index (χ0v) is 20.1. The highest BCUT2D eigenvalue weighted by atomic mass is 35.5. The normalized spacial score (nSPS) is 15.6. The Morgan fingerprint density at radius 1 is 1.00 bits per heavy atom. The van der Waals surface area contributed by atoms with Gasteiger partial charge in [-0.3, -0.25) is 9.52 Å². The molecule has 0 spiro atoms. The van der Waals surface area contributed by atoms with Crippen molar-refractivity contribution < 1.29 is 22.7 Å². The monoisotopic (exact) mass is 518 g/mol. The molecule has 0 atom stereocenters. The number of carbonyl (C=O) groups excluding carboxylic acids is 1. The van der Waals surface area contributed by atoms with E-state index in [1.54, 1.807) is 23.1 Å². The van der Waals surface area contributed by atoms with Gasteiger partial charge in [-0.15, -0.1) is 0 Å². The van der Waals surface area contributed by atoms with Crippen molar-refractivity contribution >= 4 is 44.6 Å². The number of nitrogens with one attached hydrogen (secondary N) is 1. The number of nitrogen functional groups attached to an aromatic ring is 2. The van der Waals surface area contributed by atoms with Gasteiger partial charge in [-0.05, 0) is 55.3 Å². The largest absolute Gasteiger partial charge is 0.396 e. The molecule has 4 rings (SSSR count). The molecule has 3 aromatic rings. The fourth-order valence-corrected chi connectivity index (χ4v) is 5.60. The summed E-state index contributed by atoms with van der Waals surface area (Å²) in [6.07, 6.45) is 0.672. The van der Waals surface area contributed by atoms with Crippen LogP contribution in [0.1, 0.15) is 28.8 Å². The van der Waals surface area contributed by atoms with Gasteiger partial charge in [0.25, 0.3) is 15.9 Å². The molecule has 0 bridgehead atoms. The molecule has 184 valence electrons. The number of benzene rings is 3. The fraction of sp³-hybridized carbons (Fsp3) is 0.208. The molecule has 8 nitrogen and oxygen atoms in total. The average Bonchev–Trinajstić information content (AvgIpc) is 2.83. The van der Waals surface area contributed by atoms with Crippen molar-refractivity contribution in [3.05, 3.63) is 82.6 Å². The van der Waals surface area contributed by atoms with E-state index in [0.29, 0.717) is 42.1 Å². The summed E-state index contributed by atoms with van der Waals surface area (Å²) in [6, 6.07) is 14.9. The van der Waals surface area contributed by atoms with E-state index in [2.05, 4.69) is 4.72 Å². The molecule has 0 radical (unpaired) electrons. The maximum atomic E-state index is 13.5. The first kappa shape index (κ1) is 24.8. The van der Waals surface area contributed by atoms with Gasteiger partial charge in [0, 0.05) is 34.9 Å². The molecule has 1 heterocycles. The molecule has 3 aromatic carbocycles. The van der Waals surface area contributed by atoms with Gasteiger partial charge in [-0.25, -0.2) is 12.8 Å². The molecular formula is C24H24ClFN4O4S. The third kappa shape index (κ3) is 4.90. The number of rotatable bonds is 5. The van der Waals surface area contributed by atoms with Crippen molar-refractivity contribution in [3.63, 3.8) is 0 Å². The second-order valence-electron chi connectivity index (χ2n) is 8.36. The number of anilines is 3. The van der Waals surface area contributed by atoms with Crippen LogP contribution in [0, 0.1) is 5.82 Å². The Kier molecular flexibility index (Phi) is 6.63. The van der Waals surface area contributed by atoms with Gasteiger partial charge >= 0.3 is 0 Å². The van der Waals surface area contributed by atoms with E-state index >= 15 is 0 Å². The van der Waals surface area contributed by atoms with Gasteiger partial charge in [-0.2, -0.15) is 0 Å². The Bertz CT molecular complexity index is 1370.